The van der Waals surface area contributed by atoms with Crippen LogP contribution >= 0.6 is 11.3 Å². The number of carbonyl (C=O) groups is 1. The molecule has 2 heterocycles. The molecule has 1 N–H and O–H groups in total. The largest absolute Gasteiger partial charge is 0.420 e. The Morgan fingerprint density at radius 2 is 2.14 bits per heavy atom. The quantitative estimate of drug-likeness (QED) is 0.786. The number of nitrogens with zero attached hydrogens (tertiary/aromatic N) is 1. The van der Waals surface area contributed by atoms with Crippen molar-refractivity contribution in [2.75, 3.05) is 0 Å². The van der Waals surface area contributed by atoms with Gasteiger partial charge in [-0.05, 0) is 30.5 Å². The fourth-order valence-corrected chi connectivity index (χ4v) is 3.24. The Bertz CT molecular complexity index is 833. The summed E-state index contributed by atoms with van der Waals surface area (Å²) < 4.78 is 6.47. The van der Waals surface area contributed by atoms with Gasteiger partial charge in [0.15, 0.2) is 5.58 Å². The van der Waals surface area contributed by atoms with Gasteiger partial charge in [-0.3, -0.25) is 9.36 Å². The normalized spacial score (nSPS) is 12.4. The first-order chi connectivity index (χ1) is 10.6. The van der Waals surface area contributed by atoms with E-state index < -0.39 is 5.76 Å². The van der Waals surface area contributed by atoms with Gasteiger partial charge in [-0.25, -0.2) is 4.79 Å². The molecule has 114 valence electrons. The Morgan fingerprint density at radius 3 is 2.91 bits per heavy atom. The van der Waals surface area contributed by atoms with E-state index in [9.17, 15) is 9.59 Å². The molecule has 1 unspecified atom stereocenters. The van der Waals surface area contributed by atoms with Gasteiger partial charge in [-0.15, -0.1) is 11.3 Å². The van der Waals surface area contributed by atoms with Crippen LogP contribution in [0, 0.1) is 0 Å². The summed E-state index contributed by atoms with van der Waals surface area (Å²) in [7, 11) is 0. The smallest absolute Gasteiger partial charge is 0.408 e. The SMILES string of the molecule is CC(Cc1cccs1)NC(=O)Cn1c(=O)oc2ccccc21. The monoisotopic (exact) mass is 316 g/mol. The molecule has 1 amide bonds. The standard InChI is InChI=1S/C16H16N2O3S/c1-11(9-12-5-4-8-22-12)17-15(19)10-18-13-6-2-3-7-14(13)21-16(18)20/h2-8,11H,9-10H2,1H3,(H,17,19). The number of thiophene rings is 1. The zero-order valence-electron chi connectivity index (χ0n) is 12.1. The fraction of sp³-hybridized carbons (Fsp3) is 0.250. The lowest BCUT2D eigenvalue weighted by molar-refractivity contribution is -0.122. The molecule has 3 rings (SSSR count). The van der Waals surface area contributed by atoms with E-state index in [-0.39, 0.29) is 18.5 Å². The first kappa shape index (κ1) is 14.6. The highest BCUT2D eigenvalue weighted by molar-refractivity contribution is 7.09. The van der Waals surface area contributed by atoms with Crippen molar-refractivity contribution in [3.05, 3.63) is 57.2 Å². The van der Waals surface area contributed by atoms with E-state index in [1.165, 1.54) is 9.44 Å². The van der Waals surface area contributed by atoms with E-state index in [0.29, 0.717) is 11.1 Å². The van der Waals surface area contributed by atoms with Gasteiger partial charge in [0.25, 0.3) is 0 Å². The maximum Gasteiger partial charge on any atom is 0.420 e. The third kappa shape index (κ3) is 3.12. The molecule has 0 aliphatic carbocycles. The number of hydrogen-bond acceptors (Lipinski definition) is 4. The lowest BCUT2D eigenvalue weighted by atomic mass is 10.2. The Labute approximate surface area is 131 Å². The summed E-state index contributed by atoms with van der Waals surface area (Å²) in [6.45, 7) is 1.92. The summed E-state index contributed by atoms with van der Waals surface area (Å²) in [4.78, 5) is 25.2. The van der Waals surface area contributed by atoms with Crippen LogP contribution in [0.25, 0.3) is 11.1 Å². The molecule has 5 nitrogen and oxygen atoms in total. The summed E-state index contributed by atoms with van der Waals surface area (Å²) in [5.74, 6) is -0.708. The molecular formula is C16H16N2O3S. The fourth-order valence-electron chi connectivity index (χ4n) is 2.41. The molecule has 3 aromatic rings. The molecule has 1 aromatic carbocycles. The number of benzene rings is 1. The average molecular weight is 316 g/mol. The molecule has 0 radical (unpaired) electrons. The number of nitrogens with one attached hydrogen (secondary N) is 1. The number of aromatic nitrogens is 1. The Kier molecular flexibility index (Phi) is 4.11. The van der Waals surface area contributed by atoms with Gasteiger partial charge in [-0.1, -0.05) is 18.2 Å². The van der Waals surface area contributed by atoms with Gasteiger partial charge in [0.1, 0.15) is 6.54 Å². The lowest BCUT2D eigenvalue weighted by Gasteiger charge is -2.13. The molecular weight excluding hydrogens is 300 g/mol. The van der Waals surface area contributed by atoms with Gasteiger partial charge in [-0.2, -0.15) is 0 Å². The molecule has 0 bridgehead atoms. The minimum absolute atomic E-state index is 0.0139. The van der Waals surface area contributed by atoms with E-state index in [1.54, 1.807) is 29.5 Å². The van der Waals surface area contributed by atoms with Crippen LogP contribution in [0.3, 0.4) is 0 Å². The maximum atomic E-state index is 12.1. The number of oxazole rings is 1. The minimum atomic E-state index is -0.512. The van der Waals surface area contributed by atoms with Crippen LogP contribution in [0.15, 0.2) is 51.0 Å². The number of carbonyl (C=O) groups excluding carboxylic acids is 1. The van der Waals surface area contributed by atoms with E-state index in [1.807, 2.05) is 30.5 Å². The highest BCUT2D eigenvalue weighted by Gasteiger charge is 2.14. The maximum absolute atomic E-state index is 12.1. The number of hydrogen-bond donors (Lipinski definition) is 1. The van der Waals surface area contributed by atoms with Gasteiger partial charge >= 0.3 is 5.76 Å². The Morgan fingerprint density at radius 1 is 1.32 bits per heavy atom. The average Bonchev–Trinajstić information content (AvgIpc) is 3.08. The van der Waals surface area contributed by atoms with E-state index in [0.717, 1.165) is 6.42 Å². The molecule has 0 aliphatic rings. The summed E-state index contributed by atoms with van der Waals surface area (Å²) in [6, 6.07) is 11.1. The summed E-state index contributed by atoms with van der Waals surface area (Å²) in [6.07, 6.45) is 0.782. The number of rotatable bonds is 5. The second kappa shape index (κ2) is 6.19. The predicted octanol–water partition coefficient (Wildman–Crippen LogP) is 2.40. The van der Waals surface area contributed by atoms with E-state index in [4.69, 9.17) is 4.42 Å². The van der Waals surface area contributed by atoms with Crippen LogP contribution in [0.2, 0.25) is 0 Å². The first-order valence-electron chi connectivity index (χ1n) is 7.03. The highest BCUT2D eigenvalue weighted by Crippen LogP contribution is 2.12. The second-order valence-corrected chi connectivity index (χ2v) is 6.21. The molecule has 0 fully saturated rings. The van der Waals surface area contributed by atoms with Crippen molar-refractivity contribution in [3.63, 3.8) is 0 Å². The molecule has 2 aromatic heterocycles. The Hall–Kier alpha value is -2.34. The van der Waals surface area contributed by atoms with Crippen molar-refractivity contribution in [1.82, 2.24) is 9.88 Å². The van der Waals surface area contributed by atoms with Crippen molar-refractivity contribution in [3.8, 4) is 0 Å². The van der Waals surface area contributed by atoms with Crippen LogP contribution in [0.5, 0.6) is 0 Å². The number of fused-ring (bicyclic) bond motifs is 1. The first-order valence-corrected chi connectivity index (χ1v) is 7.91. The van der Waals surface area contributed by atoms with Crippen LogP contribution < -0.4 is 11.1 Å². The third-order valence-electron chi connectivity index (χ3n) is 3.37. The van der Waals surface area contributed by atoms with Gasteiger partial charge < -0.3 is 9.73 Å². The highest BCUT2D eigenvalue weighted by atomic mass is 32.1. The van der Waals surface area contributed by atoms with E-state index in [2.05, 4.69) is 5.32 Å². The number of amides is 1. The lowest BCUT2D eigenvalue weighted by Crippen LogP contribution is -2.37. The third-order valence-corrected chi connectivity index (χ3v) is 4.27. The molecule has 1 atom stereocenters. The summed E-state index contributed by atoms with van der Waals surface area (Å²) in [5, 5.41) is 4.93. The zero-order valence-corrected chi connectivity index (χ0v) is 12.9. The van der Waals surface area contributed by atoms with Crippen LogP contribution in [-0.4, -0.2) is 16.5 Å². The second-order valence-electron chi connectivity index (χ2n) is 5.17. The van der Waals surface area contributed by atoms with Gasteiger partial charge in [0.2, 0.25) is 5.91 Å². The van der Waals surface area contributed by atoms with Crippen LogP contribution in [0.1, 0.15) is 11.8 Å². The van der Waals surface area contributed by atoms with Crippen LogP contribution in [-0.2, 0) is 17.8 Å². The summed E-state index contributed by atoms with van der Waals surface area (Å²) >= 11 is 1.67. The van der Waals surface area contributed by atoms with Gasteiger partial charge in [0.05, 0.1) is 5.52 Å². The number of para-hydroxylation sites is 2. The zero-order chi connectivity index (χ0) is 15.5. The van der Waals surface area contributed by atoms with Crippen molar-refractivity contribution >= 4 is 28.3 Å². The van der Waals surface area contributed by atoms with Crippen molar-refractivity contribution in [2.24, 2.45) is 0 Å². The minimum Gasteiger partial charge on any atom is -0.408 e. The summed E-state index contributed by atoms with van der Waals surface area (Å²) in [5.41, 5.74) is 1.13. The van der Waals surface area contributed by atoms with Gasteiger partial charge in [0, 0.05) is 17.3 Å². The Balaban J connectivity index is 1.68. The molecule has 0 saturated carbocycles. The van der Waals surface area contributed by atoms with Crippen molar-refractivity contribution in [2.45, 2.75) is 25.9 Å². The van der Waals surface area contributed by atoms with Crippen molar-refractivity contribution in [1.29, 1.82) is 0 Å². The molecule has 0 aliphatic heterocycles. The van der Waals surface area contributed by atoms with Crippen LogP contribution in [0.4, 0.5) is 0 Å². The van der Waals surface area contributed by atoms with E-state index >= 15 is 0 Å². The topological polar surface area (TPSA) is 64.2 Å². The van der Waals surface area contributed by atoms with Crippen molar-refractivity contribution < 1.29 is 9.21 Å². The predicted molar refractivity (Wildman–Crippen MR) is 86.1 cm³/mol. The molecule has 0 saturated heterocycles. The molecule has 22 heavy (non-hydrogen) atoms. The molecule has 6 heteroatoms. The molecule has 0 spiro atoms.